The SMILES string of the molecule is CCn1c(=O)c(C(=O)NCCN2CCNCC2)c(O)c2ccccc21. The summed E-state index contributed by atoms with van der Waals surface area (Å²) < 4.78 is 1.51. The van der Waals surface area contributed by atoms with Gasteiger partial charge >= 0.3 is 0 Å². The zero-order valence-corrected chi connectivity index (χ0v) is 14.4. The minimum atomic E-state index is -0.523. The normalized spacial score (nSPS) is 15.4. The van der Waals surface area contributed by atoms with Crippen LogP contribution in [0.1, 0.15) is 17.3 Å². The number of piperazine rings is 1. The van der Waals surface area contributed by atoms with Crippen LogP contribution in [0.15, 0.2) is 29.1 Å². The summed E-state index contributed by atoms with van der Waals surface area (Å²) >= 11 is 0. The van der Waals surface area contributed by atoms with E-state index in [1.165, 1.54) is 4.57 Å². The third kappa shape index (κ3) is 3.52. The number of benzene rings is 1. The van der Waals surface area contributed by atoms with Crippen molar-refractivity contribution in [1.82, 2.24) is 20.1 Å². The minimum Gasteiger partial charge on any atom is -0.506 e. The van der Waals surface area contributed by atoms with Crippen molar-refractivity contribution >= 4 is 16.8 Å². The van der Waals surface area contributed by atoms with E-state index >= 15 is 0 Å². The van der Waals surface area contributed by atoms with Crippen LogP contribution in [-0.4, -0.2) is 59.7 Å². The van der Waals surface area contributed by atoms with Crippen LogP contribution in [0, 0.1) is 0 Å². The molecule has 2 heterocycles. The summed E-state index contributed by atoms with van der Waals surface area (Å²) in [6, 6.07) is 7.07. The Labute approximate surface area is 146 Å². The first-order valence-corrected chi connectivity index (χ1v) is 8.69. The molecule has 1 saturated heterocycles. The smallest absolute Gasteiger partial charge is 0.267 e. The minimum absolute atomic E-state index is 0.180. The second-order valence-electron chi connectivity index (χ2n) is 6.14. The number of amides is 1. The molecular weight excluding hydrogens is 320 g/mol. The third-order valence-corrected chi connectivity index (χ3v) is 4.61. The van der Waals surface area contributed by atoms with Gasteiger partial charge in [0, 0.05) is 51.2 Å². The zero-order valence-electron chi connectivity index (χ0n) is 14.4. The summed E-state index contributed by atoms with van der Waals surface area (Å²) in [7, 11) is 0. The van der Waals surface area contributed by atoms with Gasteiger partial charge in [-0.2, -0.15) is 0 Å². The highest BCUT2D eigenvalue weighted by Gasteiger charge is 2.21. The van der Waals surface area contributed by atoms with Crippen LogP contribution >= 0.6 is 0 Å². The van der Waals surface area contributed by atoms with Crippen LogP contribution in [0.25, 0.3) is 10.9 Å². The number of nitrogens with zero attached hydrogens (tertiary/aromatic N) is 2. The Kier molecular flexibility index (Phi) is 5.35. The monoisotopic (exact) mass is 344 g/mol. The lowest BCUT2D eigenvalue weighted by Gasteiger charge is -2.27. The molecule has 0 aliphatic carbocycles. The summed E-state index contributed by atoms with van der Waals surface area (Å²) in [5.74, 6) is -0.768. The predicted molar refractivity (Wildman–Crippen MR) is 97.2 cm³/mol. The van der Waals surface area contributed by atoms with Crippen molar-refractivity contribution in [3.8, 4) is 5.75 Å². The third-order valence-electron chi connectivity index (χ3n) is 4.61. The van der Waals surface area contributed by atoms with Gasteiger partial charge in [-0.1, -0.05) is 12.1 Å². The molecule has 1 aromatic heterocycles. The molecule has 1 aliphatic heterocycles. The molecule has 0 saturated carbocycles. The molecule has 1 amide bonds. The molecule has 1 aliphatic rings. The Bertz CT molecular complexity index is 825. The molecule has 3 rings (SSSR count). The van der Waals surface area contributed by atoms with Crippen molar-refractivity contribution in [2.45, 2.75) is 13.5 Å². The summed E-state index contributed by atoms with van der Waals surface area (Å²) in [6.45, 7) is 7.22. The van der Waals surface area contributed by atoms with Gasteiger partial charge in [-0.3, -0.25) is 14.5 Å². The maximum absolute atomic E-state index is 12.7. The molecule has 0 spiro atoms. The van der Waals surface area contributed by atoms with E-state index in [2.05, 4.69) is 15.5 Å². The highest BCUT2D eigenvalue weighted by molar-refractivity contribution is 6.02. The van der Waals surface area contributed by atoms with Crippen molar-refractivity contribution in [3.63, 3.8) is 0 Å². The molecule has 7 nitrogen and oxygen atoms in total. The average molecular weight is 344 g/mol. The lowest BCUT2D eigenvalue weighted by atomic mass is 10.1. The largest absolute Gasteiger partial charge is 0.506 e. The Morgan fingerprint density at radius 2 is 2.00 bits per heavy atom. The number of aryl methyl sites for hydroxylation is 1. The predicted octanol–water partition coefficient (Wildman–Crippen LogP) is 0.362. The first-order chi connectivity index (χ1) is 12.1. The van der Waals surface area contributed by atoms with Crippen molar-refractivity contribution in [1.29, 1.82) is 0 Å². The lowest BCUT2D eigenvalue weighted by molar-refractivity contribution is 0.0942. The number of hydrogen-bond donors (Lipinski definition) is 3. The Balaban J connectivity index is 1.82. The average Bonchev–Trinajstić information content (AvgIpc) is 2.63. The fourth-order valence-electron chi connectivity index (χ4n) is 3.26. The highest BCUT2D eigenvalue weighted by Crippen LogP contribution is 2.26. The van der Waals surface area contributed by atoms with Crippen molar-refractivity contribution in [2.75, 3.05) is 39.3 Å². The van der Waals surface area contributed by atoms with Gasteiger partial charge in [0.15, 0.2) is 0 Å². The first kappa shape index (κ1) is 17.4. The van der Waals surface area contributed by atoms with Crippen LogP contribution < -0.4 is 16.2 Å². The molecule has 25 heavy (non-hydrogen) atoms. The number of pyridine rings is 1. The van der Waals surface area contributed by atoms with Crippen LogP contribution in [0.2, 0.25) is 0 Å². The number of carbonyl (C=O) groups excluding carboxylic acids is 1. The van der Waals surface area contributed by atoms with Crippen LogP contribution in [0.3, 0.4) is 0 Å². The maximum Gasteiger partial charge on any atom is 0.267 e. The molecular formula is C18H24N4O3. The van der Waals surface area contributed by atoms with E-state index in [1.807, 2.05) is 6.92 Å². The molecule has 7 heteroatoms. The maximum atomic E-state index is 12.7. The molecule has 2 aromatic rings. The van der Waals surface area contributed by atoms with Crippen LogP contribution in [0.4, 0.5) is 0 Å². The van der Waals surface area contributed by atoms with E-state index < -0.39 is 11.5 Å². The summed E-state index contributed by atoms with van der Waals surface area (Å²) in [4.78, 5) is 27.4. The number of para-hydroxylation sites is 1. The van der Waals surface area contributed by atoms with E-state index in [0.717, 1.165) is 32.7 Å². The molecule has 3 N–H and O–H groups in total. The van der Waals surface area contributed by atoms with Gasteiger partial charge in [0.25, 0.3) is 11.5 Å². The number of hydrogen-bond acceptors (Lipinski definition) is 5. The summed E-state index contributed by atoms with van der Waals surface area (Å²) in [5.41, 5.74) is -0.0101. The van der Waals surface area contributed by atoms with Gasteiger partial charge < -0.3 is 20.3 Å². The van der Waals surface area contributed by atoms with E-state index in [1.54, 1.807) is 24.3 Å². The van der Waals surface area contributed by atoms with E-state index in [-0.39, 0.29) is 11.3 Å². The zero-order chi connectivity index (χ0) is 17.8. The first-order valence-electron chi connectivity index (χ1n) is 8.69. The fourth-order valence-corrected chi connectivity index (χ4v) is 3.26. The molecule has 0 atom stereocenters. The number of rotatable bonds is 5. The highest BCUT2D eigenvalue weighted by atomic mass is 16.3. The topological polar surface area (TPSA) is 86.6 Å². The standard InChI is InChI=1S/C18H24N4O3/c1-2-22-14-6-4-3-5-13(14)16(23)15(18(22)25)17(24)20-9-12-21-10-7-19-8-11-21/h3-6,19,23H,2,7-12H2,1H3,(H,20,24). The molecule has 0 radical (unpaired) electrons. The Morgan fingerprint density at radius 3 is 2.72 bits per heavy atom. The van der Waals surface area contributed by atoms with Gasteiger partial charge in [0.2, 0.25) is 0 Å². The molecule has 1 fully saturated rings. The summed E-state index contributed by atoms with van der Waals surface area (Å²) in [6.07, 6.45) is 0. The van der Waals surface area contributed by atoms with Gasteiger partial charge in [0.1, 0.15) is 11.3 Å². The van der Waals surface area contributed by atoms with E-state index in [9.17, 15) is 14.7 Å². The molecule has 1 aromatic carbocycles. The van der Waals surface area contributed by atoms with Crippen molar-refractivity contribution < 1.29 is 9.90 Å². The number of carbonyl (C=O) groups is 1. The van der Waals surface area contributed by atoms with Gasteiger partial charge in [-0.25, -0.2) is 0 Å². The number of fused-ring (bicyclic) bond motifs is 1. The van der Waals surface area contributed by atoms with Gasteiger partial charge in [0.05, 0.1) is 5.52 Å². The van der Waals surface area contributed by atoms with Crippen molar-refractivity contribution in [2.24, 2.45) is 0 Å². The lowest BCUT2D eigenvalue weighted by Crippen LogP contribution is -2.46. The quantitative estimate of drug-likeness (QED) is 0.729. The fraction of sp³-hybridized carbons (Fsp3) is 0.444. The molecule has 0 unspecified atom stereocenters. The van der Waals surface area contributed by atoms with Gasteiger partial charge in [-0.05, 0) is 19.1 Å². The second kappa shape index (κ2) is 7.67. The second-order valence-corrected chi connectivity index (χ2v) is 6.14. The van der Waals surface area contributed by atoms with E-state index in [0.29, 0.717) is 24.0 Å². The van der Waals surface area contributed by atoms with Crippen LogP contribution in [0.5, 0.6) is 5.75 Å². The number of nitrogens with one attached hydrogen (secondary N) is 2. The Morgan fingerprint density at radius 1 is 1.28 bits per heavy atom. The molecule has 0 bridgehead atoms. The van der Waals surface area contributed by atoms with Crippen LogP contribution in [-0.2, 0) is 6.54 Å². The number of aromatic nitrogens is 1. The molecule has 134 valence electrons. The van der Waals surface area contributed by atoms with Gasteiger partial charge in [-0.15, -0.1) is 0 Å². The van der Waals surface area contributed by atoms with E-state index in [4.69, 9.17) is 0 Å². The van der Waals surface area contributed by atoms with Crippen molar-refractivity contribution in [3.05, 3.63) is 40.2 Å². The number of aromatic hydroxyl groups is 1. The summed E-state index contributed by atoms with van der Waals surface area (Å²) in [5, 5.41) is 17.0. The Hall–Kier alpha value is -2.38.